The number of hydrogen-bond acceptors (Lipinski definition) is 2. The summed E-state index contributed by atoms with van der Waals surface area (Å²) in [4.78, 5) is 21.4. The Morgan fingerprint density at radius 1 is 0.875 bits per heavy atom. The highest BCUT2D eigenvalue weighted by Gasteiger charge is 1.97. The van der Waals surface area contributed by atoms with Gasteiger partial charge < -0.3 is 10.6 Å². The Kier molecular flexibility index (Phi) is 6.59. The van der Waals surface area contributed by atoms with Crippen LogP contribution in [0.25, 0.3) is 0 Å². The molecule has 0 saturated carbocycles. The van der Waals surface area contributed by atoms with Crippen LogP contribution in [0.1, 0.15) is 29.1 Å². The highest BCUT2D eigenvalue weighted by atomic mass is 16.2. The standard InChI is InChI=1S/C10H12N2O2.C2H6.H2/c1-7(13)11-9-3-5-10(6-4-9)12-8(2)14;1-2;/h3-6H,1-2H3,(H,11,13)(H,12,14);1-2H3;1H. The van der Waals surface area contributed by atoms with E-state index in [9.17, 15) is 9.59 Å². The van der Waals surface area contributed by atoms with Gasteiger partial charge in [-0.15, -0.1) is 0 Å². The first-order valence-electron chi connectivity index (χ1n) is 5.23. The second-order valence-electron chi connectivity index (χ2n) is 2.94. The molecule has 0 atom stereocenters. The van der Waals surface area contributed by atoms with Crippen molar-refractivity contribution < 1.29 is 11.0 Å². The van der Waals surface area contributed by atoms with Gasteiger partial charge in [0.2, 0.25) is 11.8 Å². The Balaban J connectivity index is 0. The van der Waals surface area contributed by atoms with Crippen molar-refractivity contribution in [2.75, 3.05) is 10.6 Å². The van der Waals surface area contributed by atoms with Crippen molar-refractivity contribution in [3.63, 3.8) is 0 Å². The Labute approximate surface area is 97.5 Å². The van der Waals surface area contributed by atoms with Crippen LogP contribution in [0.5, 0.6) is 0 Å². The van der Waals surface area contributed by atoms with Crippen molar-refractivity contribution in [1.82, 2.24) is 0 Å². The number of hydrogen-bond donors (Lipinski definition) is 2. The van der Waals surface area contributed by atoms with Gasteiger partial charge in [0.25, 0.3) is 0 Å². The van der Waals surface area contributed by atoms with Gasteiger partial charge in [-0.3, -0.25) is 9.59 Å². The average Bonchev–Trinajstić information content (AvgIpc) is 2.22. The van der Waals surface area contributed by atoms with Crippen LogP contribution in [0.4, 0.5) is 11.4 Å². The summed E-state index contributed by atoms with van der Waals surface area (Å²) >= 11 is 0. The summed E-state index contributed by atoms with van der Waals surface area (Å²) < 4.78 is 0. The molecule has 0 aromatic heterocycles. The van der Waals surface area contributed by atoms with Crippen LogP contribution in [0.2, 0.25) is 0 Å². The normalized spacial score (nSPS) is 8.50. The highest BCUT2D eigenvalue weighted by molar-refractivity contribution is 5.90. The Bertz CT molecular complexity index is 315. The molecular weight excluding hydrogens is 204 g/mol. The van der Waals surface area contributed by atoms with Gasteiger partial charge in [0.05, 0.1) is 0 Å². The number of rotatable bonds is 2. The van der Waals surface area contributed by atoms with E-state index in [-0.39, 0.29) is 13.2 Å². The number of anilines is 2. The second kappa shape index (κ2) is 7.45. The molecule has 0 bridgehead atoms. The molecule has 0 heterocycles. The third kappa shape index (κ3) is 5.80. The average molecular weight is 224 g/mol. The zero-order valence-corrected chi connectivity index (χ0v) is 10.1. The summed E-state index contributed by atoms with van der Waals surface area (Å²) in [5, 5.41) is 5.27. The van der Waals surface area contributed by atoms with Gasteiger partial charge in [0.15, 0.2) is 0 Å². The van der Waals surface area contributed by atoms with Crippen LogP contribution in [0.3, 0.4) is 0 Å². The van der Waals surface area contributed by atoms with E-state index in [0.717, 1.165) is 0 Å². The molecule has 0 saturated heterocycles. The zero-order chi connectivity index (χ0) is 12.6. The van der Waals surface area contributed by atoms with E-state index in [1.54, 1.807) is 24.3 Å². The molecular formula is C12H20N2O2. The summed E-state index contributed by atoms with van der Waals surface area (Å²) in [7, 11) is 0. The molecule has 0 spiro atoms. The van der Waals surface area contributed by atoms with E-state index in [1.807, 2.05) is 13.8 Å². The largest absolute Gasteiger partial charge is 0.326 e. The first-order chi connectivity index (χ1) is 7.58. The predicted octanol–water partition coefficient (Wildman–Crippen LogP) is 2.88. The van der Waals surface area contributed by atoms with Gasteiger partial charge in [0.1, 0.15) is 0 Å². The van der Waals surface area contributed by atoms with Crippen molar-refractivity contribution in [1.29, 1.82) is 0 Å². The van der Waals surface area contributed by atoms with Gasteiger partial charge in [0, 0.05) is 26.6 Å². The summed E-state index contributed by atoms with van der Waals surface area (Å²) in [6.07, 6.45) is 0. The molecule has 1 rings (SSSR count). The Morgan fingerprint density at radius 2 is 1.12 bits per heavy atom. The molecule has 0 unspecified atom stereocenters. The SMILES string of the molecule is CC.CC(=O)Nc1ccc(NC(C)=O)cc1.[HH]. The molecule has 2 N–H and O–H groups in total. The fourth-order valence-corrected chi connectivity index (χ4v) is 1.04. The monoisotopic (exact) mass is 224 g/mol. The van der Waals surface area contributed by atoms with Crippen LogP contribution in [0, 0.1) is 0 Å². The summed E-state index contributed by atoms with van der Waals surface area (Å²) in [5.41, 5.74) is 1.43. The van der Waals surface area contributed by atoms with Crippen LogP contribution in [0.15, 0.2) is 24.3 Å². The number of carbonyl (C=O) groups is 2. The highest BCUT2D eigenvalue weighted by Crippen LogP contribution is 2.13. The van der Waals surface area contributed by atoms with Crippen molar-refractivity contribution in [3.05, 3.63) is 24.3 Å². The summed E-state index contributed by atoms with van der Waals surface area (Å²) in [6, 6.07) is 6.92. The topological polar surface area (TPSA) is 58.2 Å². The molecule has 1 aromatic rings. The number of amides is 2. The number of carbonyl (C=O) groups excluding carboxylic acids is 2. The van der Waals surface area contributed by atoms with Crippen molar-refractivity contribution >= 4 is 23.2 Å². The fourth-order valence-electron chi connectivity index (χ4n) is 1.04. The van der Waals surface area contributed by atoms with E-state index < -0.39 is 0 Å². The minimum absolute atomic E-state index is 0. The molecule has 0 aliphatic heterocycles. The van der Waals surface area contributed by atoms with E-state index in [4.69, 9.17) is 0 Å². The molecule has 16 heavy (non-hydrogen) atoms. The van der Waals surface area contributed by atoms with E-state index >= 15 is 0 Å². The van der Waals surface area contributed by atoms with Gasteiger partial charge in [-0.05, 0) is 24.3 Å². The van der Waals surface area contributed by atoms with Crippen LogP contribution in [-0.4, -0.2) is 11.8 Å². The van der Waals surface area contributed by atoms with E-state index in [1.165, 1.54) is 13.8 Å². The maximum Gasteiger partial charge on any atom is 0.221 e. The lowest BCUT2D eigenvalue weighted by atomic mass is 10.3. The first-order valence-corrected chi connectivity index (χ1v) is 5.23. The van der Waals surface area contributed by atoms with Crippen molar-refractivity contribution in [2.24, 2.45) is 0 Å². The molecule has 0 radical (unpaired) electrons. The molecule has 0 fully saturated rings. The van der Waals surface area contributed by atoms with E-state index in [2.05, 4.69) is 10.6 Å². The van der Waals surface area contributed by atoms with Gasteiger partial charge in [-0.1, -0.05) is 13.8 Å². The Hall–Kier alpha value is -1.84. The fraction of sp³-hybridized carbons (Fsp3) is 0.333. The zero-order valence-electron chi connectivity index (χ0n) is 10.1. The quantitative estimate of drug-likeness (QED) is 0.811. The minimum Gasteiger partial charge on any atom is -0.326 e. The maximum absolute atomic E-state index is 10.7. The molecule has 4 nitrogen and oxygen atoms in total. The first kappa shape index (κ1) is 14.2. The van der Waals surface area contributed by atoms with Crippen LogP contribution in [-0.2, 0) is 9.59 Å². The van der Waals surface area contributed by atoms with E-state index in [0.29, 0.717) is 11.4 Å². The van der Waals surface area contributed by atoms with Gasteiger partial charge in [-0.2, -0.15) is 0 Å². The lowest BCUT2D eigenvalue weighted by Crippen LogP contribution is -2.07. The van der Waals surface area contributed by atoms with Crippen LogP contribution < -0.4 is 10.6 Å². The molecule has 2 amide bonds. The van der Waals surface area contributed by atoms with Gasteiger partial charge >= 0.3 is 0 Å². The maximum atomic E-state index is 10.7. The summed E-state index contributed by atoms with van der Waals surface area (Å²) in [5.74, 6) is -0.227. The van der Waals surface area contributed by atoms with Gasteiger partial charge in [-0.25, -0.2) is 0 Å². The molecule has 1 aromatic carbocycles. The predicted molar refractivity (Wildman–Crippen MR) is 68.5 cm³/mol. The van der Waals surface area contributed by atoms with Crippen molar-refractivity contribution in [2.45, 2.75) is 27.7 Å². The number of benzene rings is 1. The third-order valence-corrected chi connectivity index (χ3v) is 1.53. The smallest absolute Gasteiger partial charge is 0.221 e. The lowest BCUT2D eigenvalue weighted by Gasteiger charge is -2.04. The van der Waals surface area contributed by atoms with Crippen molar-refractivity contribution in [3.8, 4) is 0 Å². The number of nitrogens with one attached hydrogen (secondary N) is 2. The van der Waals surface area contributed by atoms with Crippen LogP contribution >= 0.6 is 0 Å². The molecule has 90 valence electrons. The molecule has 0 aliphatic rings. The minimum atomic E-state index is -0.114. The lowest BCUT2D eigenvalue weighted by molar-refractivity contribution is -0.115. The Morgan fingerprint density at radius 3 is 1.31 bits per heavy atom. The molecule has 4 heteroatoms. The second-order valence-corrected chi connectivity index (χ2v) is 2.94. The molecule has 0 aliphatic carbocycles. The third-order valence-electron chi connectivity index (χ3n) is 1.53. The summed E-state index contributed by atoms with van der Waals surface area (Å²) in [6.45, 7) is 6.89.